The normalized spacial score (nSPS) is 10.2. The van der Waals surface area contributed by atoms with Crippen LogP contribution in [0.4, 0.5) is 10.5 Å². The molecule has 0 spiro atoms. The molecular formula is C18H19Cl2N3O3. The minimum Gasteiger partial charge on any atom is -0.495 e. The molecular weight excluding hydrogens is 377 g/mol. The van der Waals surface area contributed by atoms with Gasteiger partial charge in [-0.15, -0.1) is 0 Å². The summed E-state index contributed by atoms with van der Waals surface area (Å²) >= 11 is 11.9. The molecule has 0 saturated heterocycles. The summed E-state index contributed by atoms with van der Waals surface area (Å²) in [4.78, 5) is 23.9. The van der Waals surface area contributed by atoms with Crippen LogP contribution in [-0.4, -0.2) is 32.6 Å². The van der Waals surface area contributed by atoms with E-state index in [4.69, 9.17) is 27.9 Å². The molecule has 0 heterocycles. The maximum Gasteiger partial charge on any atom is 0.319 e. The number of halogens is 2. The highest BCUT2D eigenvalue weighted by molar-refractivity contribution is 6.34. The third-order valence-electron chi connectivity index (χ3n) is 3.56. The monoisotopic (exact) mass is 395 g/mol. The maximum absolute atomic E-state index is 12.1. The standard InChI is InChI=1S/C18H19Cl2N3O3/c1-21-17(24)12-3-4-16(26-2)15(9-12)23-18(25)22-6-5-11-7-13(19)10-14(20)8-11/h3-4,7-10H,5-6H2,1-2H3,(H,21,24)(H2,22,23,25). The number of rotatable bonds is 6. The molecule has 0 fully saturated rings. The van der Waals surface area contributed by atoms with Gasteiger partial charge in [-0.1, -0.05) is 23.2 Å². The SMILES string of the molecule is CNC(=O)c1ccc(OC)c(NC(=O)NCCc2cc(Cl)cc(Cl)c2)c1. The van der Waals surface area contributed by atoms with Gasteiger partial charge in [0.2, 0.25) is 0 Å². The summed E-state index contributed by atoms with van der Waals surface area (Å²) in [5.41, 5.74) is 1.73. The van der Waals surface area contributed by atoms with Crippen molar-refractivity contribution in [3.63, 3.8) is 0 Å². The number of carbonyl (C=O) groups is 2. The molecule has 0 aromatic heterocycles. The molecule has 26 heavy (non-hydrogen) atoms. The molecule has 0 unspecified atom stereocenters. The third-order valence-corrected chi connectivity index (χ3v) is 3.99. The molecule has 0 aliphatic rings. The first-order valence-corrected chi connectivity index (χ1v) is 8.58. The van der Waals surface area contributed by atoms with Crippen molar-refractivity contribution in [1.29, 1.82) is 0 Å². The Kier molecular flexibility index (Phi) is 7.12. The first-order valence-electron chi connectivity index (χ1n) is 7.83. The van der Waals surface area contributed by atoms with Gasteiger partial charge in [0.15, 0.2) is 0 Å². The van der Waals surface area contributed by atoms with Crippen LogP contribution in [0.2, 0.25) is 10.0 Å². The van der Waals surface area contributed by atoms with E-state index in [-0.39, 0.29) is 5.91 Å². The van der Waals surface area contributed by atoms with Gasteiger partial charge < -0.3 is 20.7 Å². The van der Waals surface area contributed by atoms with E-state index in [9.17, 15) is 9.59 Å². The van der Waals surface area contributed by atoms with Crippen LogP contribution in [-0.2, 0) is 6.42 Å². The lowest BCUT2D eigenvalue weighted by Crippen LogP contribution is -2.30. The smallest absolute Gasteiger partial charge is 0.319 e. The van der Waals surface area contributed by atoms with Crippen LogP contribution in [0.1, 0.15) is 15.9 Å². The van der Waals surface area contributed by atoms with Gasteiger partial charge in [0.05, 0.1) is 12.8 Å². The highest BCUT2D eigenvalue weighted by atomic mass is 35.5. The number of carbonyl (C=O) groups excluding carboxylic acids is 2. The van der Waals surface area contributed by atoms with Gasteiger partial charge in [-0.25, -0.2) is 4.79 Å². The van der Waals surface area contributed by atoms with Crippen LogP contribution in [0.15, 0.2) is 36.4 Å². The van der Waals surface area contributed by atoms with Crippen molar-refractivity contribution in [1.82, 2.24) is 10.6 Å². The van der Waals surface area contributed by atoms with Gasteiger partial charge in [0.1, 0.15) is 5.75 Å². The lowest BCUT2D eigenvalue weighted by molar-refractivity contribution is 0.0963. The van der Waals surface area contributed by atoms with E-state index in [1.165, 1.54) is 14.2 Å². The van der Waals surface area contributed by atoms with Gasteiger partial charge in [-0.2, -0.15) is 0 Å². The van der Waals surface area contributed by atoms with E-state index in [0.29, 0.717) is 40.0 Å². The van der Waals surface area contributed by atoms with Crippen molar-refractivity contribution in [3.8, 4) is 5.75 Å². The van der Waals surface area contributed by atoms with Crippen molar-refractivity contribution < 1.29 is 14.3 Å². The zero-order valence-electron chi connectivity index (χ0n) is 14.4. The molecule has 0 aliphatic heterocycles. The molecule has 0 radical (unpaired) electrons. The molecule has 138 valence electrons. The molecule has 0 aliphatic carbocycles. The van der Waals surface area contributed by atoms with E-state index in [1.807, 2.05) is 0 Å². The molecule has 0 bridgehead atoms. The van der Waals surface area contributed by atoms with Gasteiger partial charge in [-0.3, -0.25) is 4.79 Å². The molecule has 8 heteroatoms. The number of urea groups is 1. The van der Waals surface area contributed by atoms with Gasteiger partial charge in [-0.05, 0) is 48.4 Å². The highest BCUT2D eigenvalue weighted by Crippen LogP contribution is 2.25. The summed E-state index contributed by atoms with van der Waals surface area (Å²) in [6.07, 6.45) is 0.573. The topological polar surface area (TPSA) is 79.5 Å². The number of anilines is 1. The number of hydrogen-bond acceptors (Lipinski definition) is 3. The van der Waals surface area contributed by atoms with E-state index >= 15 is 0 Å². The van der Waals surface area contributed by atoms with Crippen LogP contribution in [0.25, 0.3) is 0 Å². The van der Waals surface area contributed by atoms with Crippen LogP contribution in [0.5, 0.6) is 5.75 Å². The number of hydrogen-bond donors (Lipinski definition) is 3. The lowest BCUT2D eigenvalue weighted by Gasteiger charge is -2.12. The van der Waals surface area contributed by atoms with E-state index in [2.05, 4.69) is 16.0 Å². The Bertz CT molecular complexity index is 792. The second kappa shape index (κ2) is 9.31. The summed E-state index contributed by atoms with van der Waals surface area (Å²) in [7, 11) is 3.02. The molecule has 0 atom stereocenters. The van der Waals surface area contributed by atoms with E-state index in [0.717, 1.165) is 5.56 Å². The van der Waals surface area contributed by atoms with Gasteiger partial charge in [0.25, 0.3) is 5.91 Å². The predicted octanol–water partition coefficient (Wildman–Crippen LogP) is 3.73. The summed E-state index contributed by atoms with van der Waals surface area (Å²) in [6, 6.07) is 9.61. The summed E-state index contributed by atoms with van der Waals surface area (Å²) < 4.78 is 5.21. The Morgan fingerprint density at radius 2 is 1.77 bits per heavy atom. The second-order valence-corrected chi connectivity index (χ2v) is 6.28. The second-order valence-electron chi connectivity index (χ2n) is 5.40. The average Bonchev–Trinajstić information content (AvgIpc) is 2.60. The zero-order chi connectivity index (χ0) is 19.1. The third kappa shape index (κ3) is 5.54. The predicted molar refractivity (Wildman–Crippen MR) is 104 cm³/mol. The Morgan fingerprint density at radius 3 is 2.38 bits per heavy atom. The highest BCUT2D eigenvalue weighted by Gasteiger charge is 2.11. The number of nitrogens with one attached hydrogen (secondary N) is 3. The Hall–Kier alpha value is -2.44. The van der Waals surface area contributed by atoms with Gasteiger partial charge >= 0.3 is 6.03 Å². The van der Waals surface area contributed by atoms with Crippen molar-refractivity contribution in [3.05, 3.63) is 57.6 Å². The van der Waals surface area contributed by atoms with Crippen LogP contribution in [0.3, 0.4) is 0 Å². The van der Waals surface area contributed by atoms with Crippen molar-refractivity contribution >= 4 is 40.8 Å². The number of benzene rings is 2. The van der Waals surface area contributed by atoms with Crippen LogP contribution < -0.4 is 20.7 Å². The first kappa shape index (κ1) is 19.9. The van der Waals surface area contributed by atoms with E-state index < -0.39 is 6.03 Å². The number of methoxy groups -OCH3 is 1. The fourth-order valence-electron chi connectivity index (χ4n) is 2.33. The van der Waals surface area contributed by atoms with Crippen molar-refractivity contribution in [2.45, 2.75) is 6.42 Å². The van der Waals surface area contributed by atoms with Crippen molar-refractivity contribution in [2.24, 2.45) is 0 Å². The quantitative estimate of drug-likeness (QED) is 0.696. The average molecular weight is 396 g/mol. The van der Waals surface area contributed by atoms with Crippen LogP contribution >= 0.6 is 23.2 Å². The number of ether oxygens (including phenoxy) is 1. The fraction of sp³-hybridized carbons (Fsp3) is 0.222. The molecule has 2 aromatic rings. The first-order chi connectivity index (χ1) is 12.4. The van der Waals surface area contributed by atoms with Crippen molar-refractivity contribution in [2.75, 3.05) is 26.0 Å². The van der Waals surface area contributed by atoms with E-state index in [1.54, 1.807) is 36.4 Å². The molecule has 2 rings (SSSR count). The Balaban J connectivity index is 1.97. The van der Waals surface area contributed by atoms with Crippen LogP contribution in [0, 0.1) is 0 Å². The molecule has 6 nitrogen and oxygen atoms in total. The Morgan fingerprint density at radius 1 is 1.08 bits per heavy atom. The summed E-state index contributed by atoms with van der Waals surface area (Å²) in [6.45, 7) is 0.389. The molecule has 3 amide bonds. The summed E-state index contributed by atoms with van der Waals surface area (Å²) in [5.74, 6) is 0.198. The lowest BCUT2D eigenvalue weighted by atomic mass is 10.1. The molecule has 2 aromatic carbocycles. The van der Waals surface area contributed by atoms with Gasteiger partial charge in [0, 0.05) is 29.2 Å². The minimum atomic E-state index is -0.412. The fourth-order valence-corrected chi connectivity index (χ4v) is 2.90. The summed E-state index contributed by atoms with van der Waals surface area (Å²) in [5, 5.41) is 9.05. The zero-order valence-corrected chi connectivity index (χ0v) is 15.9. The largest absolute Gasteiger partial charge is 0.495 e. The maximum atomic E-state index is 12.1. The number of amides is 3. The molecule has 0 saturated carbocycles. The minimum absolute atomic E-state index is 0.256. The Labute approximate surface area is 161 Å². The molecule has 3 N–H and O–H groups in total.